The highest BCUT2D eigenvalue weighted by atomic mass is 35.6. The molecule has 0 heterocycles. The Morgan fingerprint density at radius 1 is 1.29 bits per heavy atom. The molecule has 0 amide bonds. The molecule has 0 saturated heterocycles. The van der Waals surface area contributed by atoms with Gasteiger partial charge in [0.15, 0.2) is 0 Å². The molecule has 0 spiro atoms. The molecular formula is CCl3O2S. The van der Waals surface area contributed by atoms with Crippen molar-refractivity contribution in [2.45, 2.75) is 3.12 Å². The lowest BCUT2D eigenvalue weighted by Gasteiger charge is -1.98. The number of hydrogen-bond acceptors (Lipinski definition) is 1. The zero-order valence-electron chi connectivity index (χ0n) is 2.86. The fraction of sp³-hybridized carbons (Fsp3) is 1.00. The average molecular weight is 182 g/mol. The van der Waals surface area contributed by atoms with Crippen molar-refractivity contribution in [2.24, 2.45) is 0 Å². The maximum absolute atomic E-state index is 9.62. The van der Waals surface area contributed by atoms with Crippen molar-refractivity contribution >= 4 is 45.9 Å². The van der Waals surface area contributed by atoms with Gasteiger partial charge in [0.1, 0.15) is 0 Å². The molecule has 1 radical (unpaired) electrons. The lowest BCUT2D eigenvalue weighted by molar-refractivity contribution is 0.473. The number of hydrogen-bond donors (Lipinski definition) is 0. The summed E-state index contributed by atoms with van der Waals surface area (Å²) in [5.41, 5.74) is 0. The lowest BCUT2D eigenvalue weighted by Crippen LogP contribution is -2.07. The Bertz CT molecular complexity index is 85.4. The monoisotopic (exact) mass is 181 g/mol. The van der Waals surface area contributed by atoms with E-state index in [0.29, 0.717) is 0 Å². The Hall–Kier alpha value is 0.980. The first-order valence-electron chi connectivity index (χ1n) is 1.10. The third-order valence-electron chi connectivity index (χ3n) is 0.189. The predicted molar refractivity (Wildman–Crippen MR) is 29.1 cm³/mol. The second-order valence-electron chi connectivity index (χ2n) is 0.680. The van der Waals surface area contributed by atoms with Crippen molar-refractivity contribution in [2.75, 3.05) is 0 Å². The van der Waals surface area contributed by atoms with E-state index in [1.807, 2.05) is 0 Å². The second kappa shape index (κ2) is 2.51. The van der Waals surface area contributed by atoms with E-state index in [1.54, 1.807) is 0 Å². The van der Waals surface area contributed by atoms with Gasteiger partial charge in [-0.1, -0.05) is 34.8 Å². The summed E-state index contributed by atoms with van der Waals surface area (Å²) in [7, 11) is 0. The Morgan fingerprint density at radius 3 is 1.43 bits per heavy atom. The first-order valence-corrected chi connectivity index (χ1v) is 3.31. The van der Waals surface area contributed by atoms with Crippen molar-refractivity contribution in [3.63, 3.8) is 0 Å². The van der Waals surface area contributed by atoms with Gasteiger partial charge in [-0.25, -0.2) is 4.21 Å². The molecular weight excluding hydrogens is 182 g/mol. The van der Waals surface area contributed by atoms with Crippen LogP contribution >= 0.6 is 34.8 Å². The molecule has 7 heavy (non-hydrogen) atoms. The zero-order chi connectivity index (χ0) is 6.08. The third-order valence-corrected chi connectivity index (χ3v) is 1.70. The highest BCUT2D eigenvalue weighted by Crippen LogP contribution is 2.28. The van der Waals surface area contributed by atoms with Crippen LogP contribution in [0.25, 0.3) is 0 Å². The van der Waals surface area contributed by atoms with Crippen LogP contribution in [0.5, 0.6) is 0 Å². The van der Waals surface area contributed by atoms with Crippen molar-refractivity contribution in [3.8, 4) is 0 Å². The van der Waals surface area contributed by atoms with E-state index in [-0.39, 0.29) is 0 Å². The van der Waals surface area contributed by atoms with Gasteiger partial charge in [-0.05, 0) is 0 Å². The molecule has 0 saturated carbocycles. The maximum Gasteiger partial charge on any atom is 0.294 e. The Balaban J connectivity index is 3.79. The molecule has 0 aliphatic rings. The molecule has 1 atom stereocenters. The molecule has 0 N–H and O–H groups in total. The molecule has 6 heteroatoms. The normalized spacial score (nSPS) is 16.6. The minimum Gasteiger partial charge on any atom is -0.222 e. The highest BCUT2D eigenvalue weighted by molar-refractivity contribution is 7.85. The molecule has 2 nitrogen and oxygen atoms in total. The molecule has 43 valence electrons. The van der Waals surface area contributed by atoms with E-state index in [9.17, 15) is 8.76 Å². The van der Waals surface area contributed by atoms with Crippen molar-refractivity contribution in [1.82, 2.24) is 0 Å². The van der Waals surface area contributed by atoms with Crippen LogP contribution in [0, 0.1) is 0 Å². The van der Waals surface area contributed by atoms with Gasteiger partial charge in [-0.2, -0.15) is 0 Å². The van der Waals surface area contributed by atoms with E-state index in [4.69, 9.17) is 34.8 Å². The lowest BCUT2D eigenvalue weighted by atomic mass is 11.8. The van der Waals surface area contributed by atoms with E-state index in [1.165, 1.54) is 0 Å². The van der Waals surface area contributed by atoms with Crippen LogP contribution in [0.1, 0.15) is 0 Å². The SMILES string of the molecule is [O]S(=O)C(Cl)(Cl)Cl. The maximum atomic E-state index is 9.62. The molecule has 0 aromatic heterocycles. The van der Waals surface area contributed by atoms with Crippen LogP contribution in [0.15, 0.2) is 0 Å². The van der Waals surface area contributed by atoms with Gasteiger partial charge >= 0.3 is 0 Å². The summed E-state index contributed by atoms with van der Waals surface area (Å²) in [5.74, 6) is 0. The van der Waals surface area contributed by atoms with Gasteiger partial charge in [0.05, 0.1) is 0 Å². The van der Waals surface area contributed by atoms with Crippen molar-refractivity contribution in [3.05, 3.63) is 0 Å². The van der Waals surface area contributed by atoms with E-state index in [0.717, 1.165) is 0 Å². The van der Waals surface area contributed by atoms with Gasteiger partial charge in [-0.3, -0.25) is 0 Å². The smallest absolute Gasteiger partial charge is 0.222 e. The largest absolute Gasteiger partial charge is 0.294 e. The fourth-order valence-electron chi connectivity index (χ4n) is 0. The third kappa shape index (κ3) is 3.55. The quantitative estimate of drug-likeness (QED) is 0.522. The van der Waals surface area contributed by atoms with Crippen LogP contribution in [0.4, 0.5) is 0 Å². The molecule has 0 bridgehead atoms. The highest BCUT2D eigenvalue weighted by Gasteiger charge is 2.28. The number of rotatable bonds is 0. The first kappa shape index (κ1) is 7.98. The molecule has 0 aromatic carbocycles. The average Bonchev–Trinajstić information content (AvgIpc) is 1.31. The molecule has 1 unspecified atom stereocenters. The molecule has 0 aliphatic heterocycles. The fourth-order valence-corrected chi connectivity index (χ4v) is 0. The van der Waals surface area contributed by atoms with Crippen LogP contribution in [-0.2, 0) is 15.6 Å². The number of alkyl halides is 3. The molecule has 0 aliphatic carbocycles. The molecule has 0 rings (SSSR count). The Kier molecular flexibility index (Phi) is 2.86. The standard InChI is InChI=1S/CCl3O2S/c2-1(3,4)7(5)6. The van der Waals surface area contributed by atoms with Crippen molar-refractivity contribution < 1.29 is 8.76 Å². The topological polar surface area (TPSA) is 37.0 Å². The van der Waals surface area contributed by atoms with E-state index < -0.39 is 14.2 Å². The second-order valence-corrected chi connectivity index (χ2v) is 4.72. The van der Waals surface area contributed by atoms with E-state index >= 15 is 0 Å². The summed E-state index contributed by atoms with van der Waals surface area (Å²) in [6, 6.07) is 0. The van der Waals surface area contributed by atoms with Crippen LogP contribution < -0.4 is 0 Å². The summed E-state index contributed by atoms with van der Waals surface area (Å²) in [6.45, 7) is 0. The summed E-state index contributed by atoms with van der Waals surface area (Å²) < 4.78 is 17.1. The summed E-state index contributed by atoms with van der Waals surface area (Å²) >= 11 is 11.7. The zero-order valence-corrected chi connectivity index (χ0v) is 5.94. The Labute approximate surface area is 58.0 Å². The van der Waals surface area contributed by atoms with Gasteiger partial charge < -0.3 is 0 Å². The van der Waals surface area contributed by atoms with Gasteiger partial charge in [-0.15, -0.1) is 4.55 Å². The van der Waals surface area contributed by atoms with E-state index in [2.05, 4.69) is 0 Å². The molecule has 0 aromatic rings. The minimum absolute atomic E-state index is 2.17. The minimum atomic E-state index is -2.64. The summed E-state index contributed by atoms with van der Waals surface area (Å²) in [6.07, 6.45) is 0. The number of halogens is 3. The predicted octanol–water partition coefficient (Wildman–Crippen LogP) is 1.41. The first-order chi connectivity index (χ1) is 2.94. The van der Waals surface area contributed by atoms with Gasteiger partial charge in [0.2, 0.25) is 11.1 Å². The van der Waals surface area contributed by atoms with Gasteiger partial charge in [0.25, 0.3) is 3.12 Å². The summed E-state index contributed by atoms with van der Waals surface area (Å²) in [5, 5.41) is 0. The summed E-state index contributed by atoms with van der Waals surface area (Å²) in [4.78, 5) is 0. The van der Waals surface area contributed by atoms with Crippen LogP contribution in [0.2, 0.25) is 0 Å². The van der Waals surface area contributed by atoms with Gasteiger partial charge in [0, 0.05) is 0 Å². The van der Waals surface area contributed by atoms with Crippen LogP contribution in [-0.4, -0.2) is 7.33 Å². The molecule has 0 fully saturated rings. The Morgan fingerprint density at radius 2 is 1.43 bits per heavy atom. The van der Waals surface area contributed by atoms with Crippen LogP contribution in [0.3, 0.4) is 0 Å². The van der Waals surface area contributed by atoms with Crippen molar-refractivity contribution in [1.29, 1.82) is 0 Å².